The maximum Gasteiger partial charge on any atom is 0.335 e. The monoisotopic (exact) mass is 533 g/mol. The van der Waals surface area contributed by atoms with Crippen molar-refractivity contribution in [3.05, 3.63) is 35.4 Å². The molecule has 2 aliphatic carbocycles. The number of piperidine rings is 1. The Morgan fingerprint density at radius 2 is 2.00 bits per heavy atom. The summed E-state index contributed by atoms with van der Waals surface area (Å²) >= 11 is 0. The number of hydrazine groups is 1. The van der Waals surface area contributed by atoms with E-state index in [1.54, 1.807) is 6.07 Å². The second kappa shape index (κ2) is 9.16. The van der Waals surface area contributed by atoms with Gasteiger partial charge in [-0.3, -0.25) is 10.2 Å². The number of aliphatic hydroxyl groups excluding tert-OH is 3. The summed E-state index contributed by atoms with van der Waals surface area (Å²) in [4.78, 5) is 25.7. The summed E-state index contributed by atoms with van der Waals surface area (Å²) in [7, 11) is 2.10. The van der Waals surface area contributed by atoms with Crippen molar-refractivity contribution in [2.75, 3.05) is 20.2 Å². The summed E-state index contributed by atoms with van der Waals surface area (Å²) in [5.74, 6) is 4.20. The van der Waals surface area contributed by atoms with Gasteiger partial charge in [-0.1, -0.05) is 18.2 Å². The topological polar surface area (TPSA) is 193 Å². The van der Waals surface area contributed by atoms with E-state index in [1.165, 1.54) is 0 Å². The summed E-state index contributed by atoms with van der Waals surface area (Å²) in [6.07, 6.45) is -4.53. The zero-order valence-electron chi connectivity index (χ0n) is 20.6. The molecule has 13 heteroatoms. The Morgan fingerprint density at radius 3 is 2.74 bits per heavy atom. The molecule has 206 valence electrons. The van der Waals surface area contributed by atoms with Crippen LogP contribution in [0.5, 0.6) is 11.5 Å². The molecule has 2 saturated heterocycles. The van der Waals surface area contributed by atoms with Crippen molar-refractivity contribution in [2.24, 2.45) is 11.8 Å². The Balaban J connectivity index is 1.37. The predicted octanol–water partition coefficient (Wildman–Crippen LogP) is -2.22. The van der Waals surface area contributed by atoms with E-state index in [1.807, 2.05) is 17.6 Å². The largest absolute Gasteiger partial charge is 0.482 e. The Morgan fingerprint density at radius 1 is 1.21 bits per heavy atom. The first-order chi connectivity index (χ1) is 18.2. The van der Waals surface area contributed by atoms with Crippen molar-refractivity contribution in [2.45, 2.75) is 67.2 Å². The molecule has 38 heavy (non-hydrogen) atoms. The molecule has 7 N–H and O–H groups in total. The molecule has 1 amide bonds. The van der Waals surface area contributed by atoms with Crippen LogP contribution in [-0.4, -0.2) is 106 Å². The van der Waals surface area contributed by atoms with Crippen LogP contribution in [0.3, 0.4) is 0 Å². The summed E-state index contributed by atoms with van der Waals surface area (Å²) in [5, 5.41) is 40.3. The lowest BCUT2D eigenvalue weighted by atomic mass is 9.53. The van der Waals surface area contributed by atoms with Crippen molar-refractivity contribution in [3.8, 4) is 11.5 Å². The number of aliphatic hydroxyl groups is 3. The van der Waals surface area contributed by atoms with Crippen molar-refractivity contribution >= 4 is 11.9 Å². The molecule has 0 saturated carbocycles. The molecule has 3 heterocycles. The molecule has 0 radical (unpaired) electrons. The van der Waals surface area contributed by atoms with E-state index in [4.69, 9.17) is 24.8 Å². The number of carbonyl (C=O) groups is 2. The molecule has 13 nitrogen and oxygen atoms in total. The van der Waals surface area contributed by atoms with Crippen LogP contribution in [-0.2, 0) is 30.9 Å². The van der Waals surface area contributed by atoms with Crippen LogP contribution in [0.25, 0.3) is 0 Å². The van der Waals surface area contributed by atoms with Gasteiger partial charge in [-0.25, -0.2) is 10.6 Å². The highest BCUT2D eigenvalue weighted by Crippen LogP contribution is 2.62. The summed E-state index contributed by atoms with van der Waals surface area (Å²) in [5.41, 5.74) is 3.65. The molecule has 6 unspecified atom stereocenters. The van der Waals surface area contributed by atoms with Gasteiger partial charge in [0.15, 0.2) is 30.5 Å². The fraction of sp³-hybridized carbons (Fsp3) is 0.600. The van der Waals surface area contributed by atoms with Crippen molar-refractivity contribution in [1.82, 2.24) is 10.3 Å². The molecular formula is C25H31N3O10. The van der Waals surface area contributed by atoms with Crippen LogP contribution in [0.15, 0.2) is 24.3 Å². The number of carboxylic acids is 1. The number of aliphatic carboxylic acids is 1. The van der Waals surface area contributed by atoms with Gasteiger partial charge in [0, 0.05) is 22.9 Å². The highest BCUT2D eigenvalue weighted by atomic mass is 16.7. The van der Waals surface area contributed by atoms with Gasteiger partial charge in [0.2, 0.25) is 0 Å². The van der Waals surface area contributed by atoms with Crippen LogP contribution in [0.1, 0.15) is 17.5 Å². The number of carboxylic acid groups (broad SMARTS) is 1. The van der Waals surface area contributed by atoms with Gasteiger partial charge < -0.3 is 44.3 Å². The minimum absolute atomic E-state index is 0.0822. The number of nitrogens with two attached hydrogens (primary N) is 1. The van der Waals surface area contributed by atoms with Crippen LogP contribution in [0.4, 0.5) is 0 Å². The third kappa shape index (κ3) is 3.57. The van der Waals surface area contributed by atoms with Crippen LogP contribution >= 0.6 is 0 Å². The number of likely N-dealkylation sites (tertiary alicyclic amines) is 1. The van der Waals surface area contributed by atoms with Gasteiger partial charge in [-0.15, -0.1) is 0 Å². The number of likely N-dealkylation sites (N-methyl/N-ethyl adjacent to an activating group) is 1. The van der Waals surface area contributed by atoms with Crippen LogP contribution in [0, 0.1) is 5.92 Å². The minimum atomic E-state index is -1.82. The molecule has 10 atom stereocenters. The molecule has 0 aromatic heterocycles. The number of nitrogens with one attached hydrogen (secondary N) is 1. The van der Waals surface area contributed by atoms with Crippen molar-refractivity contribution in [1.29, 1.82) is 0 Å². The number of amides is 1. The van der Waals surface area contributed by atoms with Gasteiger partial charge in [0.25, 0.3) is 5.91 Å². The van der Waals surface area contributed by atoms with E-state index in [-0.39, 0.29) is 18.6 Å². The fourth-order valence-corrected chi connectivity index (χ4v) is 6.94. The standard InChI is InChI=1S/C25H31N3O10/c1-28-7-6-25-11-3-5-14(36-24-19(32)17(30)18(31)21(38-24)23(33)34)22(25)37-20-13(35-9-15(29)27-26)4-2-10(16(20)25)8-12(11)28/h2-5,11-12,14,17-19,21-22,24,30-32H,6-9,26H2,1H3,(H,27,29)(H,33,34)/t11?,12-,14+,17?,18?,19?,21?,22+,24?,25+/m1/s1. The normalized spacial score (nSPS) is 40.7. The van der Waals surface area contributed by atoms with E-state index in [0.29, 0.717) is 11.5 Å². The van der Waals surface area contributed by atoms with Crippen molar-refractivity contribution < 1.29 is 49.0 Å². The fourth-order valence-electron chi connectivity index (χ4n) is 6.94. The first-order valence-electron chi connectivity index (χ1n) is 12.6. The molecule has 1 aromatic rings. The summed E-state index contributed by atoms with van der Waals surface area (Å²) < 4.78 is 23.9. The predicted molar refractivity (Wildman–Crippen MR) is 127 cm³/mol. The SMILES string of the molecule is CN1CC[C@]23c4c5ccc(OCC(=O)NN)c4O[C@H]2[C@@H](OC2OC(C(=O)O)C(O)C(O)C2O)C=CC3[C@H]1C5. The van der Waals surface area contributed by atoms with Crippen molar-refractivity contribution in [3.63, 3.8) is 0 Å². The average Bonchev–Trinajstić information content (AvgIpc) is 3.26. The number of benzene rings is 1. The number of carbonyl (C=O) groups excluding carboxylic acids is 1. The third-order valence-electron chi connectivity index (χ3n) is 8.74. The van der Waals surface area contributed by atoms with Crippen LogP contribution < -0.4 is 20.7 Å². The highest BCUT2D eigenvalue weighted by Gasteiger charge is 2.65. The van der Waals surface area contributed by atoms with Gasteiger partial charge in [0.05, 0.1) is 0 Å². The Hall–Kier alpha value is -2.78. The van der Waals surface area contributed by atoms with E-state index < -0.39 is 60.2 Å². The summed E-state index contributed by atoms with van der Waals surface area (Å²) in [6.45, 7) is 0.505. The molecule has 2 fully saturated rings. The Bertz CT molecular complexity index is 1180. The van der Waals surface area contributed by atoms with E-state index in [2.05, 4.69) is 18.0 Å². The zero-order valence-corrected chi connectivity index (χ0v) is 20.6. The van der Waals surface area contributed by atoms with Crippen LogP contribution in [0.2, 0.25) is 0 Å². The smallest absolute Gasteiger partial charge is 0.335 e. The molecular weight excluding hydrogens is 502 g/mol. The van der Waals surface area contributed by atoms with E-state index in [0.717, 1.165) is 30.5 Å². The molecule has 1 aromatic carbocycles. The van der Waals surface area contributed by atoms with Gasteiger partial charge in [0.1, 0.15) is 30.5 Å². The molecule has 2 bridgehead atoms. The molecule has 6 rings (SSSR count). The number of hydrogen-bond acceptors (Lipinski definition) is 11. The molecule has 3 aliphatic heterocycles. The highest BCUT2D eigenvalue weighted by molar-refractivity contribution is 5.77. The van der Waals surface area contributed by atoms with Gasteiger partial charge in [-0.2, -0.15) is 0 Å². The second-order valence-electron chi connectivity index (χ2n) is 10.6. The minimum Gasteiger partial charge on any atom is -0.482 e. The number of ether oxygens (including phenoxy) is 4. The van der Waals surface area contributed by atoms with Gasteiger partial charge >= 0.3 is 5.97 Å². The van der Waals surface area contributed by atoms with Gasteiger partial charge in [-0.05, 0) is 38.1 Å². The summed E-state index contributed by atoms with van der Waals surface area (Å²) in [6, 6.07) is 3.97. The third-order valence-corrected chi connectivity index (χ3v) is 8.74. The average molecular weight is 534 g/mol. The number of hydrogen-bond donors (Lipinski definition) is 6. The maximum absolute atomic E-state index is 11.7. The first-order valence-corrected chi connectivity index (χ1v) is 12.6. The molecule has 5 aliphatic rings. The first kappa shape index (κ1) is 25.5. The maximum atomic E-state index is 11.7. The number of nitrogens with zero attached hydrogens (tertiary/aromatic N) is 1. The van der Waals surface area contributed by atoms with E-state index in [9.17, 15) is 30.0 Å². The zero-order chi connectivity index (χ0) is 26.9. The lowest BCUT2D eigenvalue weighted by Crippen LogP contribution is -2.66. The Labute approximate surface area is 217 Å². The Kier molecular flexibility index (Phi) is 6.14. The molecule has 1 spiro atoms. The lowest BCUT2D eigenvalue weighted by molar-refractivity contribution is -0.307. The van der Waals surface area contributed by atoms with E-state index >= 15 is 0 Å². The second-order valence-corrected chi connectivity index (χ2v) is 10.6. The quantitative estimate of drug-likeness (QED) is 0.1000. The number of rotatable bonds is 6. The lowest BCUT2D eigenvalue weighted by Gasteiger charge is -2.57.